The van der Waals surface area contributed by atoms with Crippen LogP contribution in [0.3, 0.4) is 0 Å². The lowest BCUT2D eigenvalue weighted by Crippen LogP contribution is -2.32. The fourth-order valence-electron chi connectivity index (χ4n) is 2.97. The van der Waals surface area contributed by atoms with Crippen LogP contribution in [0.25, 0.3) is 10.8 Å². The van der Waals surface area contributed by atoms with E-state index in [4.69, 9.17) is 4.74 Å². The summed E-state index contributed by atoms with van der Waals surface area (Å²) in [6.45, 7) is 4.18. The molecule has 0 N–H and O–H groups in total. The Labute approximate surface area is 158 Å². The fraction of sp³-hybridized carbons (Fsp3) is 0.286. The van der Waals surface area contributed by atoms with Gasteiger partial charge in [0.2, 0.25) is 0 Å². The lowest BCUT2D eigenvalue weighted by atomic mass is 10.1. The Kier molecular flexibility index (Phi) is 5.26. The van der Waals surface area contributed by atoms with E-state index in [-0.39, 0.29) is 23.2 Å². The molecule has 0 radical (unpaired) electrons. The van der Waals surface area contributed by atoms with Gasteiger partial charge in [-0.15, -0.1) is 0 Å². The first-order valence-electron chi connectivity index (χ1n) is 8.82. The lowest BCUT2D eigenvalue weighted by molar-refractivity contribution is 0.0778. The standard InChI is InChI=1S/C21H23N3O3/c1-14(2)24-20(25)18-8-6-5-7-17(18)19(22-24)21(26)23(3)13-15-9-11-16(27-4)12-10-15/h5-12,14H,13H2,1-4H3. The van der Waals surface area contributed by atoms with E-state index in [2.05, 4.69) is 5.10 Å². The Morgan fingerprint density at radius 2 is 1.74 bits per heavy atom. The number of amides is 1. The van der Waals surface area contributed by atoms with Gasteiger partial charge in [0.1, 0.15) is 5.75 Å². The van der Waals surface area contributed by atoms with Gasteiger partial charge >= 0.3 is 0 Å². The zero-order chi connectivity index (χ0) is 19.6. The van der Waals surface area contributed by atoms with Crippen LogP contribution in [0.4, 0.5) is 0 Å². The van der Waals surface area contributed by atoms with Crippen molar-refractivity contribution in [2.75, 3.05) is 14.2 Å². The molecule has 0 fully saturated rings. The van der Waals surface area contributed by atoms with Gasteiger partial charge in [0.15, 0.2) is 5.69 Å². The number of hydrogen-bond donors (Lipinski definition) is 0. The molecule has 0 saturated carbocycles. The lowest BCUT2D eigenvalue weighted by Gasteiger charge is -2.19. The molecule has 140 valence electrons. The summed E-state index contributed by atoms with van der Waals surface area (Å²) in [6, 6.07) is 14.5. The van der Waals surface area contributed by atoms with Crippen LogP contribution in [-0.4, -0.2) is 34.7 Å². The van der Waals surface area contributed by atoms with Crippen molar-refractivity contribution in [2.45, 2.75) is 26.4 Å². The third-order valence-electron chi connectivity index (χ3n) is 4.45. The predicted molar refractivity (Wildman–Crippen MR) is 105 cm³/mol. The second-order valence-electron chi connectivity index (χ2n) is 6.75. The van der Waals surface area contributed by atoms with Gasteiger partial charge in [0.25, 0.3) is 11.5 Å². The molecule has 1 heterocycles. The Bertz CT molecular complexity index is 1020. The first kappa shape index (κ1) is 18.6. The SMILES string of the molecule is COc1ccc(CN(C)C(=O)c2nn(C(C)C)c(=O)c3ccccc23)cc1. The minimum atomic E-state index is -0.226. The van der Waals surface area contributed by atoms with Gasteiger partial charge in [-0.05, 0) is 37.6 Å². The maximum atomic E-state index is 13.1. The van der Waals surface area contributed by atoms with Crippen LogP contribution < -0.4 is 10.3 Å². The molecule has 6 heteroatoms. The number of fused-ring (bicyclic) bond motifs is 1. The van der Waals surface area contributed by atoms with E-state index in [1.165, 1.54) is 4.68 Å². The number of nitrogens with zero attached hydrogens (tertiary/aromatic N) is 3. The predicted octanol–water partition coefficient (Wildman–Crippen LogP) is 3.26. The van der Waals surface area contributed by atoms with Gasteiger partial charge in [-0.3, -0.25) is 9.59 Å². The number of hydrogen-bond acceptors (Lipinski definition) is 4. The molecule has 1 aromatic heterocycles. The summed E-state index contributed by atoms with van der Waals surface area (Å²) in [5.74, 6) is 0.542. The molecule has 0 unspecified atom stereocenters. The van der Waals surface area contributed by atoms with Crippen molar-refractivity contribution in [3.05, 3.63) is 70.1 Å². The van der Waals surface area contributed by atoms with Crippen LogP contribution in [0.15, 0.2) is 53.3 Å². The summed E-state index contributed by atoms with van der Waals surface area (Å²) in [5, 5.41) is 5.46. The molecule has 2 aromatic carbocycles. The monoisotopic (exact) mass is 365 g/mol. The third-order valence-corrected chi connectivity index (χ3v) is 4.45. The Morgan fingerprint density at radius 3 is 2.33 bits per heavy atom. The van der Waals surface area contributed by atoms with E-state index in [0.29, 0.717) is 17.3 Å². The largest absolute Gasteiger partial charge is 0.497 e. The van der Waals surface area contributed by atoms with E-state index >= 15 is 0 Å². The zero-order valence-corrected chi connectivity index (χ0v) is 16.0. The Morgan fingerprint density at radius 1 is 1.11 bits per heavy atom. The molecular formula is C21H23N3O3. The maximum absolute atomic E-state index is 13.1. The van der Waals surface area contributed by atoms with Crippen molar-refractivity contribution in [3.63, 3.8) is 0 Å². The summed E-state index contributed by atoms with van der Waals surface area (Å²) in [4.78, 5) is 27.3. The molecule has 0 aliphatic heterocycles. The van der Waals surface area contributed by atoms with Crippen LogP contribution in [0.2, 0.25) is 0 Å². The number of ether oxygens (including phenoxy) is 1. The molecule has 1 amide bonds. The van der Waals surface area contributed by atoms with Crippen molar-refractivity contribution in [2.24, 2.45) is 0 Å². The van der Waals surface area contributed by atoms with Crippen molar-refractivity contribution < 1.29 is 9.53 Å². The quantitative estimate of drug-likeness (QED) is 0.696. The minimum absolute atomic E-state index is 0.138. The summed E-state index contributed by atoms with van der Waals surface area (Å²) < 4.78 is 6.53. The van der Waals surface area contributed by atoms with Crippen molar-refractivity contribution in [1.29, 1.82) is 0 Å². The second kappa shape index (κ2) is 7.61. The first-order valence-corrected chi connectivity index (χ1v) is 8.82. The highest BCUT2D eigenvalue weighted by molar-refractivity contribution is 6.04. The Hall–Kier alpha value is -3.15. The van der Waals surface area contributed by atoms with E-state index in [1.54, 1.807) is 37.3 Å². The summed E-state index contributed by atoms with van der Waals surface area (Å²) >= 11 is 0. The smallest absolute Gasteiger partial charge is 0.274 e. The highest BCUT2D eigenvalue weighted by Gasteiger charge is 2.20. The van der Waals surface area contributed by atoms with Crippen LogP contribution in [0.5, 0.6) is 5.75 Å². The number of carbonyl (C=O) groups is 1. The normalized spacial score (nSPS) is 11.0. The van der Waals surface area contributed by atoms with Gasteiger partial charge < -0.3 is 9.64 Å². The number of benzene rings is 2. The summed E-state index contributed by atoms with van der Waals surface area (Å²) in [6.07, 6.45) is 0. The van der Waals surface area contributed by atoms with Gasteiger partial charge in [-0.2, -0.15) is 5.10 Å². The summed E-state index contributed by atoms with van der Waals surface area (Å²) in [7, 11) is 3.35. The number of rotatable bonds is 5. The van der Waals surface area contributed by atoms with Gasteiger partial charge in [0.05, 0.1) is 18.5 Å². The van der Waals surface area contributed by atoms with Crippen LogP contribution in [0, 0.1) is 0 Å². The molecule has 6 nitrogen and oxygen atoms in total. The molecule has 0 bridgehead atoms. The average Bonchev–Trinajstić information content (AvgIpc) is 2.68. The minimum Gasteiger partial charge on any atom is -0.497 e. The zero-order valence-electron chi connectivity index (χ0n) is 16.0. The van der Waals surface area contributed by atoms with E-state index in [9.17, 15) is 9.59 Å². The highest BCUT2D eigenvalue weighted by atomic mass is 16.5. The van der Waals surface area contributed by atoms with Crippen LogP contribution >= 0.6 is 0 Å². The molecule has 0 saturated heterocycles. The third kappa shape index (κ3) is 3.69. The second-order valence-corrected chi connectivity index (χ2v) is 6.75. The molecule has 0 spiro atoms. The van der Waals surface area contributed by atoms with E-state index in [1.807, 2.05) is 44.2 Å². The molecule has 27 heavy (non-hydrogen) atoms. The van der Waals surface area contributed by atoms with Gasteiger partial charge in [0, 0.05) is 19.0 Å². The molecule has 3 rings (SSSR count). The number of aromatic nitrogens is 2. The fourth-order valence-corrected chi connectivity index (χ4v) is 2.97. The summed E-state index contributed by atoms with van der Waals surface area (Å²) in [5.41, 5.74) is 1.08. The van der Waals surface area contributed by atoms with Crippen LogP contribution in [-0.2, 0) is 6.54 Å². The highest BCUT2D eigenvalue weighted by Crippen LogP contribution is 2.18. The van der Waals surface area contributed by atoms with E-state index in [0.717, 1.165) is 11.3 Å². The average molecular weight is 365 g/mol. The number of methoxy groups -OCH3 is 1. The molecule has 0 aliphatic rings. The van der Waals surface area contributed by atoms with E-state index < -0.39 is 0 Å². The molecule has 0 atom stereocenters. The molecule has 0 aliphatic carbocycles. The van der Waals surface area contributed by atoms with Crippen molar-refractivity contribution >= 4 is 16.7 Å². The first-order chi connectivity index (χ1) is 12.9. The van der Waals surface area contributed by atoms with Crippen LogP contribution in [0.1, 0.15) is 35.9 Å². The van der Waals surface area contributed by atoms with Crippen molar-refractivity contribution in [1.82, 2.24) is 14.7 Å². The molecular weight excluding hydrogens is 342 g/mol. The maximum Gasteiger partial charge on any atom is 0.274 e. The van der Waals surface area contributed by atoms with Crippen molar-refractivity contribution in [3.8, 4) is 5.75 Å². The topological polar surface area (TPSA) is 64.4 Å². The Balaban J connectivity index is 1.98. The van der Waals surface area contributed by atoms with Gasteiger partial charge in [-0.25, -0.2) is 4.68 Å². The van der Waals surface area contributed by atoms with Gasteiger partial charge in [-0.1, -0.05) is 30.3 Å². The molecule has 3 aromatic rings. The number of carbonyl (C=O) groups excluding carboxylic acids is 1.